The molecule has 0 saturated heterocycles. The molecule has 0 radical (unpaired) electrons. The van der Waals surface area contributed by atoms with E-state index in [4.69, 9.17) is 9.47 Å². The van der Waals surface area contributed by atoms with Crippen LogP contribution in [0.4, 0.5) is 0 Å². The van der Waals surface area contributed by atoms with Gasteiger partial charge in [-0.1, -0.05) is 0 Å². The quantitative estimate of drug-likeness (QED) is 0.528. The van der Waals surface area contributed by atoms with Crippen LogP contribution in [0.3, 0.4) is 0 Å². The Morgan fingerprint density at radius 1 is 1.50 bits per heavy atom. The molecule has 12 heavy (non-hydrogen) atoms. The third-order valence-electron chi connectivity index (χ3n) is 1.45. The smallest absolute Gasteiger partial charge is 0.222 e. The maximum atomic E-state index is 11.4. The minimum absolute atomic E-state index is 0.138. The van der Waals surface area contributed by atoms with Gasteiger partial charge in [-0.25, -0.2) is 0 Å². The molecular weight excluding hydrogens is 176 g/mol. The van der Waals surface area contributed by atoms with Gasteiger partial charge in [0, 0.05) is 25.2 Å². The molecule has 0 unspecified atom stereocenters. The van der Waals surface area contributed by atoms with Crippen molar-refractivity contribution in [1.29, 1.82) is 0 Å². The summed E-state index contributed by atoms with van der Waals surface area (Å²) >= 11 is 1.47. The molecule has 3 nitrogen and oxygen atoms in total. The van der Waals surface area contributed by atoms with Gasteiger partial charge in [0.15, 0.2) is 0 Å². The van der Waals surface area contributed by atoms with E-state index in [2.05, 4.69) is 0 Å². The van der Waals surface area contributed by atoms with Gasteiger partial charge in [0.1, 0.15) is 0 Å². The maximum Gasteiger partial charge on any atom is 0.222 e. The van der Waals surface area contributed by atoms with Crippen molar-refractivity contribution in [2.75, 3.05) is 14.2 Å². The average molecular weight is 186 g/mol. The summed E-state index contributed by atoms with van der Waals surface area (Å²) in [6, 6.07) is 1.75. The second-order valence-electron chi connectivity index (χ2n) is 2.18. The van der Waals surface area contributed by atoms with Gasteiger partial charge in [-0.15, -0.1) is 0 Å². The molecule has 1 aromatic rings. The van der Waals surface area contributed by atoms with Gasteiger partial charge < -0.3 is 9.47 Å². The first-order valence-corrected chi connectivity index (χ1v) is 4.36. The Hall–Kier alpha value is -0.710. The lowest BCUT2D eigenvalue weighted by atomic mass is 10.2. The molecule has 4 heteroatoms. The van der Waals surface area contributed by atoms with Crippen molar-refractivity contribution in [1.82, 2.24) is 0 Å². The van der Waals surface area contributed by atoms with Crippen molar-refractivity contribution in [3.63, 3.8) is 0 Å². The van der Waals surface area contributed by atoms with Gasteiger partial charge in [0.2, 0.25) is 12.1 Å². The number of methoxy groups -OCH3 is 2. The van der Waals surface area contributed by atoms with Crippen molar-refractivity contribution >= 4 is 17.1 Å². The van der Waals surface area contributed by atoms with Crippen molar-refractivity contribution in [3.05, 3.63) is 22.4 Å². The number of ether oxygens (including phenoxy) is 2. The summed E-state index contributed by atoms with van der Waals surface area (Å²) in [6.45, 7) is 0. The Kier molecular flexibility index (Phi) is 3.40. The third kappa shape index (κ3) is 1.91. The molecule has 0 bridgehead atoms. The van der Waals surface area contributed by atoms with Gasteiger partial charge in [-0.05, 0) is 11.4 Å². The van der Waals surface area contributed by atoms with E-state index < -0.39 is 6.29 Å². The molecular formula is C8H10O3S. The van der Waals surface area contributed by atoms with E-state index in [0.717, 1.165) is 0 Å². The van der Waals surface area contributed by atoms with Crippen LogP contribution in [0.15, 0.2) is 16.8 Å². The van der Waals surface area contributed by atoms with Crippen LogP contribution < -0.4 is 0 Å². The molecule has 0 spiro atoms. The van der Waals surface area contributed by atoms with Crippen LogP contribution in [0.25, 0.3) is 0 Å². The van der Waals surface area contributed by atoms with Crippen LogP contribution in [0, 0.1) is 0 Å². The highest BCUT2D eigenvalue weighted by molar-refractivity contribution is 7.08. The standard InChI is InChI=1S/C8H10O3S/c1-10-8(11-2)7(9)6-3-4-12-5-6/h3-5,8H,1-2H3. The molecule has 0 fully saturated rings. The zero-order valence-electron chi connectivity index (χ0n) is 6.94. The number of carbonyl (C=O) groups is 1. The molecule has 0 amide bonds. The number of rotatable bonds is 4. The highest BCUT2D eigenvalue weighted by Crippen LogP contribution is 2.10. The summed E-state index contributed by atoms with van der Waals surface area (Å²) in [5.41, 5.74) is 0.633. The van der Waals surface area contributed by atoms with E-state index in [1.54, 1.807) is 11.4 Å². The predicted octanol–water partition coefficient (Wildman–Crippen LogP) is 1.55. The third-order valence-corrected chi connectivity index (χ3v) is 2.13. The van der Waals surface area contributed by atoms with Gasteiger partial charge in [-0.3, -0.25) is 4.79 Å². The van der Waals surface area contributed by atoms with Crippen molar-refractivity contribution in [2.24, 2.45) is 0 Å². The fourth-order valence-electron chi connectivity index (χ4n) is 0.851. The van der Waals surface area contributed by atoms with E-state index in [0.29, 0.717) is 5.56 Å². The second kappa shape index (κ2) is 4.35. The molecule has 66 valence electrons. The summed E-state index contributed by atoms with van der Waals surface area (Å²) in [5, 5.41) is 3.61. The summed E-state index contributed by atoms with van der Waals surface area (Å²) < 4.78 is 9.64. The number of thiophene rings is 1. The fourth-order valence-corrected chi connectivity index (χ4v) is 1.50. The lowest BCUT2D eigenvalue weighted by Gasteiger charge is -2.09. The van der Waals surface area contributed by atoms with Gasteiger partial charge in [0.05, 0.1) is 0 Å². The summed E-state index contributed by atoms with van der Waals surface area (Å²) in [6.07, 6.45) is -0.778. The molecule has 0 aromatic carbocycles. The van der Waals surface area contributed by atoms with Crippen molar-refractivity contribution in [2.45, 2.75) is 6.29 Å². The van der Waals surface area contributed by atoms with Gasteiger partial charge >= 0.3 is 0 Å². The normalized spacial score (nSPS) is 10.6. The Labute approximate surface area is 74.9 Å². The zero-order valence-corrected chi connectivity index (χ0v) is 7.76. The van der Waals surface area contributed by atoms with Crippen molar-refractivity contribution < 1.29 is 14.3 Å². The molecule has 0 saturated carbocycles. The lowest BCUT2D eigenvalue weighted by Crippen LogP contribution is -2.24. The van der Waals surface area contributed by atoms with Gasteiger partial charge in [-0.2, -0.15) is 11.3 Å². The zero-order chi connectivity index (χ0) is 8.97. The maximum absolute atomic E-state index is 11.4. The molecule has 0 aliphatic carbocycles. The molecule has 1 heterocycles. The highest BCUT2D eigenvalue weighted by Gasteiger charge is 2.18. The number of hydrogen-bond acceptors (Lipinski definition) is 4. The molecule has 0 atom stereocenters. The monoisotopic (exact) mass is 186 g/mol. The molecule has 0 N–H and O–H groups in total. The SMILES string of the molecule is COC(OC)C(=O)c1ccsc1. The first-order chi connectivity index (χ1) is 5.79. The number of hydrogen-bond donors (Lipinski definition) is 0. The topological polar surface area (TPSA) is 35.5 Å². The average Bonchev–Trinajstić information content (AvgIpc) is 2.58. The number of carbonyl (C=O) groups excluding carboxylic acids is 1. The molecule has 0 aliphatic rings. The first kappa shape index (κ1) is 9.38. The number of Topliss-reactive ketones (excluding diaryl/α,β-unsaturated/α-hetero) is 1. The lowest BCUT2D eigenvalue weighted by molar-refractivity contribution is -0.0741. The number of ketones is 1. The Morgan fingerprint density at radius 2 is 2.17 bits per heavy atom. The predicted molar refractivity (Wildman–Crippen MR) is 46.5 cm³/mol. The Morgan fingerprint density at radius 3 is 2.58 bits per heavy atom. The molecule has 1 aromatic heterocycles. The fraction of sp³-hybridized carbons (Fsp3) is 0.375. The van der Waals surface area contributed by atoms with Crippen molar-refractivity contribution in [3.8, 4) is 0 Å². The van der Waals surface area contributed by atoms with E-state index in [1.165, 1.54) is 25.6 Å². The minimum atomic E-state index is -0.778. The van der Waals surface area contributed by atoms with Crippen LogP contribution in [-0.4, -0.2) is 26.3 Å². The van der Waals surface area contributed by atoms with E-state index in [1.807, 2.05) is 5.38 Å². The van der Waals surface area contributed by atoms with E-state index in [9.17, 15) is 4.79 Å². The molecule has 1 rings (SSSR count). The largest absolute Gasteiger partial charge is 0.349 e. The Bertz CT molecular complexity index is 239. The van der Waals surface area contributed by atoms with Crippen LogP contribution in [-0.2, 0) is 9.47 Å². The van der Waals surface area contributed by atoms with Crippen LogP contribution in [0.5, 0.6) is 0 Å². The summed E-state index contributed by atoms with van der Waals surface area (Å²) in [7, 11) is 2.89. The van der Waals surface area contributed by atoms with Crippen LogP contribution in [0.1, 0.15) is 10.4 Å². The van der Waals surface area contributed by atoms with E-state index >= 15 is 0 Å². The summed E-state index contributed by atoms with van der Waals surface area (Å²) in [5.74, 6) is -0.138. The minimum Gasteiger partial charge on any atom is -0.349 e. The van der Waals surface area contributed by atoms with Crippen LogP contribution in [0.2, 0.25) is 0 Å². The first-order valence-electron chi connectivity index (χ1n) is 3.41. The van der Waals surface area contributed by atoms with Crippen LogP contribution >= 0.6 is 11.3 Å². The second-order valence-corrected chi connectivity index (χ2v) is 2.96. The summed E-state index contributed by atoms with van der Waals surface area (Å²) in [4.78, 5) is 11.4. The Balaban J connectivity index is 2.70. The van der Waals surface area contributed by atoms with E-state index in [-0.39, 0.29) is 5.78 Å². The molecule has 0 aliphatic heterocycles. The van der Waals surface area contributed by atoms with Gasteiger partial charge in [0.25, 0.3) is 0 Å². The highest BCUT2D eigenvalue weighted by atomic mass is 32.1.